The molecule has 5 nitrogen and oxygen atoms in total. The quantitative estimate of drug-likeness (QED) is 0.747. The van der Waals surface area contributed by atoms with Crippen molar-refractivity contribution in [3.8, 4) is 5.82 Å². The highest BCUT2D eigenvalue weighted by molar-refractivity contribution is 5.71. The van der Waals surface area contributed by atoms with E-state index >= 15 is 0 Å². The molecule has 0 aromatic carbocycles. The molecule has 0 aliphatic rings. The summed E-state index contributed by atoms with van der Waals surface area (Å²) in [7, 11) is 1.36. The minimum absolute atomic E-state index is 0.176. The van der Waals surface area contributed by atoms with Crippen LogP contribution in [0.2, 0.25) is 0 Å². The van der Waals surface area contributed by atoms with Crippen molar-refractivity contribution in [2.24, 2.45) is 0 Å². The molecule has 17 heavy (non-hydrogen) atoms. The van der Waals surface area contributed by atoms with E-state index in [2.05, 4.69) is 14.7 Å². The van der Waals surface area contributed by atoms with E-state index in [9.17, 15) is 4.79 Å². The van der Waals surface area contributed by atoms with Gasteiger partial charge in [0.1, 0.15) is 12.1 Å². The number of hydrogen-bond donors (Lipinski definition) is 0. The van der Waals surface area contributed by atoms with Crippen LogP contribution in [0.4, 0.5) is 0 Å². The van der Waals surface area contributed by atoms with Gasteiger partial charge in [0.2, 0.25) is 0 Å². The molecule has 88 valence electrons. The van der Waals surface area contributed by atoms with Crippen molar-refractivity contribution >= 4 is 5.97 Å². The second-order valence-electron chi connectivity index (χ2n) is 3.72. The number of nitrogens with zero attached hydrogens (tertiary/aromatic N) is 3. The molecule has 0 unspecified atom stereocenters. The number of methoxy groups -OCH3 is 1. The van der Waals surface area contributed by atoms with Crippen molar-refractivity contribution in [2.75, 3.05) is 7.11 Å². The van der Waals surface area contributed by atoms with Gasteiger partial charge in [0.25, 0.3) is 0 Å². The monoisotopic (exact) mass is 231 g/mol. The largest absolute Gasteiger partial charge is 0.469 e. The van der Waals surface area contributed by atoms with Gasteiger partial charge in [0, 0.05) is 12.4 Å². The lowest BCUT2D eigenvalue weighted by Gasteiger charge is -2.00. The summed E-state index contributed by atoms with van der Waals surface area (Å²) < 4.78 is 6.37. The average molecular weight is 231 g/mol. The van der Waals surface area contributed by atoms with Gasteiger partial charge in [-0.25, -0.2) is 9.97 Å². The first-order valence-electron chi connectivity index (χ1n) is 5.22. The summed E-state index contributed by atoms with van der Waals surface area (Å²) in [5.41, 5.74) is 1.79. The average Bonchev–Trinajstić information content (AvgIpc) is 2.77. The van der Waals surface area contributed by atoms with Crippen LogP contribution in [-0.4, -0.2) is 27.6 Å². The molecule has 0 saturated heterocycles. The summed E-state index contributed by atoms with van der Waals surface area (Å²) in [4.78, 5) is 19.5. The summed E-state index contributed by atoms with van der Waals surface area (Å²) in [5, 5.41) is 0. The molecule has 0 N–H and O–H groups in total. The Morgan fingerprint density at radius 3 is 3.00 bits per heavy atom. The lowest BCUT2D eigenvalue weighted by Crippen LogP contribution is -2.04. The first kappa shape index (κ1) is 11.3. The number of imidazole rings is 1. The molecular formula is C12H13N3O2. The van der Waals surface area contributed by atoms with Gasteiger partial charge in [-0.15, -0.1) is 0 Å². The zero-order chi connectivity index (χ0) is 12.3. The molecule has 0 amide bonds. The number of hydrogen-bond acceptors (Lipinski definition) is 4. The molecule has 2 heterocycles. The Labute approximate surface area is 99.1 Å². The Bertz CT molecular complexity index is 534. The van der Waals surface area contributed by atoms with Gasteiger partial charge in [0.05, 0.1) is 19.2 Å². The second-order valence-corrected chi connectivity index (χ2v) is 3.72. The van der Waals surface area contributed by atoms with Crippen LogP contribution in [0.3, 0.4) is 0 Å². The maximum Gasteiger partial charge on any atom is 0.311 e. The zero-order valence-corrected chi connectivity index (χ0v) is 9.75. The predicted molar refractivity (Wildman–Crippen MR) is 61.8 cm³/mol. The van der Waals surface area contributed by atoms with Crippen LogP contribution in [-0.2, 0) is 16.0 Å². The van der Waals surface area contributed by atoms with Gasteiger partial charge in [-0.05, 0) is 24.6 Å². The van der Waals surface area contributed by atoms with Crippen LogP contribution in [0.1, 0.15) is 11.3 Å². The lowest BCUT2D eigenvalue weighted by molar-refractivity contribution is -0.139. The molecule has 0 aliphatic carbocycles. The van der Waals surface area contributed by atoms with Crippen LogP contribution in [0.5, 0.6) is 0 Å². The fourth-order valence-corrected chi connectivity index (χ4v) is 1.46. The van der Waals surface area contributed by atoms with Crippen molar-refractivity contribution < 1.29 is 9.53 Å². The number of aryl methyl sites for hydroxylation is 1. The minimum atomic E-state index is -0.299. The van der Waals surface area contributed by atoms with Gasteiger partial charge >= 0.3 is 5.97 Å². The van der Waals surface area contributed by atoms with E-state index in [-0.39, 0.29) is 12.4 Å². The van der Waals surface area contributed by atoms with Gasteiger partial charge in [-0.1, -0.05) is 0 Å². The van der Waals surface area contributed by atoms with Crippen LogP contribution in [0.25, 0.3) is 5.82 Å². The van der Waals surface area contributed by atoms with E-state index in [1.54, 1.807) is 23.3 Å². The van der Waals surface area contributed by atoms with Gasteiger partial charge in [-0.2, -0.15) is 0 Å². The Balaban J connectivity index is 2.21. The summed E-state index contributed by atoms with van der Waals surface area (Å²) in [6, 6.07) is 3.87. The molecule has 0 spiro atoms. The lowest BCUT2D eigenvalue weighted by atomic mass is 10.3. The molecule has 2 aromatic heterocycles. The van der Waals surface area contributed by atoms with Crippen molar-refractivity contribution in [3.05, 3.63) is 42.1 Å². The van der Waals surface area contributed by atoms with Crippen LogP contribution in [0, 0.1) is 6.92 Å². The van der Waals surface area contributed by atoms with Gasteiger partial charge < -0.3 is 4.74 Å². The number of rotatable bonds is 3. The standard InChI is InChI=1S/C12H13N3O2/c1-9-3-4-13-11(5-9)15-7-10(14-8-15)6-12(16)17-2/h3-5,7-8H,6H2,1-2H3. The van der Waals surface area contributed by atoms with E-state index in [0.29, 0.717) is 5.69 Å². The highest BCUT2D eigenvalue weighted by Crippen LogP contribution is 2.08. The van der Waals surface area contributed by atoms with E-state index in [1.807, 2.05) is 19.1 Å². The molecule has 0 atom stereocenters. The fourth-order valence-electron chi connectivity index (χ4n) is 1.46. The minimum Gasteiger partial charge on any atom is -0.469 e. The summed E-state index contributed by atoms with van der Waals surface area (Å²) >= 11 is 0. The molecule has 5 heteroatoms. The Morgan fingerprint density at radius 2 is 2.29 bits per heavy atom. The first-order valence-corrected chi connectivity index (χ1v) is 5.22. The predicted octanol–water partition coefficient (Wildman–Crippen LogP) is 1.29. The first-order chi connectivity index (χ1) is 8.19. The highest BCUT2D eigenvalue weighted by Gasteiger charge is 2.07. The molecule has 0 aliphatic heterocycles. The maximum absolute atomic E-state index is 11.1. The summed E-state index contributed by atoms with van der Waals surface area (Å²) in [6.07, 6.45) is 5.33. The Kier molecular flexibility index (Phi) is 3.18. The van der Waals surface area contributed by atoms with Crippen molar-refractivity contribution in [1.82, 2.24) is 14.5 Å². The number of carbonyl (C=O) groups is 1. The SMILES string of the molecule is COC(=O)Cc1cn(-c2cc(C)ccn2)cn1. The topological polar surface area (TPSA) is 57.0 Å². The smallest absolute Gasteiger partial charge is 0.311 e. The molecule has 0 fully saturated rings. The summed E-state index contributed by atoms with van der Waals surface area (Å²) in [5.74, 6) is 0.487. The number of pyridine rings is 1. The third-order valence-corrected chi connectivity index (χ3v) is 2.35. The van der Waals surface area contributed by atoms with E-state index in [4.69, 9.17) is 0 Å². The molecular weight excluding hydrogens is 218 g/mol. The third kappa shape index (κ3) is 2.69. The normalized spacial score (nSPS) is 10.2. The zero-order valence-electron chi connectivity index (χ0n) is 9.75. The highest BCUT2D eigenvalue weighted by atomic mass is 16.5. The van der Waals surface area contributed by atoms with Crippen molar-refractivity contribution in [1.29, 1.82) is 0 Å². The van der Waals surface area contributed by atoms with E-state index in [1.165, 1.54) is 7.11 Å². The van der Waals surface area contributed by atoms with Crippen LogP contribution >= 0.6 is 0 Å². The van der Waals surface area contributed by atoms with E-state index in [0.717, 1.165) is 11.4 Å². The molecule has 2 aromatic rings. The number of carbonyl (C=O) groups excluding carboxylic acids is 1. The van der Waals surface area contributed by atoms with Crippen molar-refractivity contribution in [2.45, 2.75) is 13.3 Å². The Morgan fingerprint density at radius 1 is 1.47 bits per heavy atom. The molecule has 0 radical (unpaired) electrons. The van der Waals surface area contributed by atoms with Crippen LogP contribution in [0.15, 0.2) is 30.9 Å². The molecule has 2 rings (SSSR count). The number of esters is 1. The number of aromatic nitrogens is 3. The van der Waals surface area contributed by atoms with Gasteiger partial charge in [0.15, 0.2) is 0 Å². The van der Waals surface area contributed by atoms with Crippen molar-refractivity contribution in [3.63, 3.8) is 0 Å². The number of ether oxygens (including phenoxy) is 1. The molecule has 0 bridgehead atoms. The van der Waals surface area contributed by atoms with E-state index < -0.39 is 0 Å². The molecule has 0 saturated carbocycles. The van der Waals surface area contributed by atoms with Crippen LogP contribution < -0.4 is 0 Å². The third-order valence-electron chi connectivity index (χ3n) is 2.35. The Hall–Kier alpha value is -2.17. The second kappa shape index (κ2) is 4.78. The van der Waals surface area contributed by atoms with Gasteiger partial charge in [-0.3, -0.25) is 9.36 Å². The maximum atomic E-state index is 11.1. The fraction of sp³-hybridized carbons (Fsp3) is 0.250. The summed E-state index contributed by atoms with van der Waals surface area (Å²) in [6.45, 7) is 2.00.